The molecule has 4 aliphatic rings. The molecule has 0 saturated heterocycles. The molecular weight excluding hydrogens is 1470 g/mol. The van der Waals surface area contributed by atoms with Crippen LogP contribution >= 0.6 is 11.8 Å². The summed E-state index contributed by atoms with van der Waals surface area (Å²) in [5, 5.41) is 9.84. The molecule has 0 spiro atoms. The topological polar surface area (TPSA) is 16.2 Å². The second-order valence-corrected chi connectivity index (χ2v) is 32.8. The molecular formula is C112H73B2N5S. The van der Waals surface area contributed by atoms with Crippen molar-refractivity contribution in [3.8, 4) is 44.5 Å². The van der Waals surface area contributed by atoms with Crippen LogP contribution in [0.1, 0.15) is 0 Å². The highest BCUT2D eigenvalue weighted by molar-refractivity contribution is 8.00. The fourth-order valence-electron chi connectivity index (χ4n) is 20.2. The van der Waals surface area contributed by atoms with Gasteiger partial charge in [0.2, 0.25) is 6.71 Å². The predicted octanol–water partition coefficient (Wildman–Crippen LogP) is 26.8. The molecule has 0 bridgehead atoms. The van der Waals surface area contributed by atoms with Crippen LogP contribution in [0.3, 0.4) is 0 Å². The Hall–Kier alpha value is -15.1. The van der Waals surface area contributed by atoms with E-state index < -0.39 is 0 Å². The summed E-state index contributed by atoms with van der Waals surface area (Å²) >= 11 is 1.91. The van der Waals surface area contributed by atoms with Gasteiger partial charge >= 0.3 is 0 Å². The van der Waals surface area contributed by atoms with Gasteiger partial charge < -0.3 is 24.5 Å². The molecule has 0 aromatic heterocycles. The normalized spacial score (nSPS) is 12.7. The number of rotatable bonds is 13. The molecule has 120 heavy (non-hydrogen) atoms. The van der Waals surface area contributed by atoms with Gasteiger partial charge in [-0.25, -0.2) is 0 Å². The molecule has 0 fully saturated rings. The zero-order valence-corrected chi connectivity index (χ0v) is 66.3. The van der Waals surface area contributed by atoms with Crippen LogP contribution in [0.25, 0.3) is 87.6 Å². The van der Waals surface area contributed by atoms with Gasteiger partial charge in [0.05, 0.1) is 5.69 Å². The molecule has 0 aliphatic carbocycles. The highest BCUT2D eigenvalue weighted by Crippen LogP contribution is 2.54. The van der Waals surface area contributed by atoms with Gasteiger partial charge in [0.25, 0.3) is 6.71 Å². The molecule has 0 saturated carbocycles. The monoisotopic (exact) mass is 1540 g/mol. The van der Waals surface area contributed by atoms with Crippen LogP contribution in [0.4, 0.5) is 85.3 Å². The number of anilines is 15. The molecule has 0 radical (unpaired) electrons. The Labute approximate surface area is 703 Å². The van der Waals surface area contributed by atoms with E-state index in [1.165, 1.54) is 119 Å². The summed E-state index contributed by atoms with van der Waals surface area (Å²) in [6.07, 6.45) is 0. The summed E-state index contributed by atoms with van der Waals surface area (Å²) in [5.74, 6) is 0. The Morgan fingerprint density at radius 1 is 0.183 bits per heavy atom. The quantitative estimate of drug-likeness (QED) is 0.0839. The minimum Gasteiger partial charge on any atom is -0.311 e. The number of hydrogen-bond donors (Lipinski definition) is 0. The van der Waals surface area contributed by atoms with E-state index in [0.717, 1.165) is 96.4 Å². The van der Waals surface area contributed by atoms with Crippen molar-refractivity contribution >= 4 is 186 Å². The molecule has 0 amide bonds. The van der Waals surface area contributed by atoms with Crippen molar-refractivity contribution in [2.75, 3.05) is 24.5 Å². The Balaban J connectivity index is 0.731. The standard InChI is InChI=1S/C112H73B2N5S/c1-8-34-74(35-9-1)107-87-48-22-26-52-91(87)109(92-53-27-23-49-88(92)107)76-60-64-83(65-61-76)116(80-42-16-5-17-43-80)86-70-104-112-106(71-86)120-105-73-101-97(72-98(105)114(112)96-57-31-33-59-100(96)118(104)84-66-62-77(63-67-84)110-93-54-28-24-50-89(93)108(75-36-10-2-11-37-75)90-51-25-29-55-94(90)110)113-95-56-30-32-58-99(95)117(81-44-18-6-19-45-81)102-68-85(69-103(111(102)113)119(101)82-46-20-7-21-47-82)115(78-38-12-3-13-39-78)79-40-14-4-15-41-79/h1-73H. The summed E-state index contributed by atoms with van der Waals surface area (Å²) in [5.41, 5.74) is 33.9. The average Bonchev–Trinajstić information content (AvgIpc) is 0.684. The van der Waals surface area contributed by atoms with Crippen molar-refractivity contribution in [2.45, 2.75) is 9.79 Å². The molecule has 20 aromatic rings. The smallest absolute Gasteiger partial charge is 0.252 e. The van der Waals surface area contributed by atoms with E-state index in [1.54, 1.807) is 0 Å². The van der Waals surface area contributed by atoms with Crippen LogP contribution < -0.4 is 57.3 Å². The molecule has 4 aliphatic heterocycles. The maximum atomic E-state index is 2.65. The number of benzene rings is 20. The van der Waals surface area contributed by atoms with Crippen molar-refractivity contribution in [2.24, 2.45) is 0 Å². The highest BCUT2D eigenvalue weighted by atomic mass is 32.2. The first-order chi connectivity index (χ1) is 59.6. The van der Waals surface area contributed by atoms with Gasteiger partial charge in [0.1, 0.15) is 0 Å². The largest absolute Gasteiger partial charge is 0.311 e. The van der Waals surface area contributed by atoms with Crippen molar-refractivity contribution in [1.29, 1.82) is 0 Å². The second-order valence-electron chi connectivity index (χ2n) is 31.7. The molecule has 24 rings (SSSR count). The first-order valence-corrected chi connectivity index (χ1v) is 42.3. The van der Waals surface area contributed by atoms with Gasteiger partial charge in [0, 0.05) is 89.4 Å². The Morgan fingerprint density at radius 2 is 0.475 bits per heavy atom. The molecule has 8 heteroatoms. The van der Waals surface area contributed by atoms with E-state index >= 15 is 0 Å². The Bertz CT molecular complexity index is 7300. The molecule has 0 N–H and O–H groups in total. The predicted molar refractivity (Wildman–Crippen MR) is 512 cm³/mol. The first kappa shape index (κ1) is 69.2. The van der Waals surface area contributed by atoms with Crippen molar-refractivity contribution in [3.63, 3.8) is 0 Å². The van der Waals surface area contributed by atoms with Gasteiger partial charge in [0.15, 0.2) is 0 Å². The zero-order valence-electron chi connectivity index (χ0n) is 65.4. The van der Waals surface area contributed by atoms with Crippen molar-refractivity contribution in [3.05, 3.63) is 443 Å². The minimum absolute atomic E-state index is 0.162. The lowest BCUT2D eigenvalue weighted by Gasteiger charge is -2.46. The molecule has 558 valence electrons. The highest BCUT2D eigenvalue weighted by Gasteiger charge is 2.48. The van der Waals surface area contributed by atoms with Gasteiger partial charge in [-0.3, -0.25) is 0 Å². The SMILES string of the molecule is c1ccc(-c2c3ccccc3c(-c3ccc(N(c4ccccc4)c4cc5c6c(c4)N(c4ccc(-c7c8ccccc8c(-c8ccccc8)c8ccccc78)cc4)c4ccccc4B6c4cc6c(cc4S5)N(c4ccccc4)c4cc(N(c5ccccc5)c5ccccc5)cc5c4B6c4ccccc4N5c4ccccc4)cc3)c3ccccc23)cc1. The van der Waals surface area contributed by atoms with Crippen LogP contribution in [-0.2, 0) is 0 Å². The molecule has 4 heterocycles. The zero-order chi connectivity index (χ0) is 78.9. The van der Waals surface area contributed by atoms with Crippen LogP contribution in [0.2, 0.25) is 0 Å². The first-order valence-electron chi connectivity index (χ1n) is 41.4. The van der Waals surface area contributed by atoms with E-state index in [4.69, 9.17) is 0 Å². The Morgan fingerprint density at radius 3 is 0.875 bits per heavy atom. The van der Waals surface area contributed by atoms with Crippen molar-refractivity contribution in [1.82, 2.24) is 0 Å². The van der Waals surface area contributed by atoms with Crippen molar-refractivity contribution < 1.29 is 0 Å². The van der Waals surface area contributed by atoms with E-state index in [9.17, 15) is 0 Å². The third kappa shape index (κ3) is 11.1. The van der Waals surface area contributed by atoms with E-state index in [-0.39, 0.29) is 13.4 Å². The molecule has 0 atom stereocenters. The van der Waals surface area contributed by atoms with Gasteiger partial charge in [-0.2, -0.15) is 0 Å². The van der Waals surface area contributed by atoms with Gasteiger partial charge in [-0.1, -0.05) is 333 Å². The lowest BCUT2D eigenvalue weighted by atomic mass is 9.31. The van der Waals surface area contributed by atoms with Crippen LogP contribution in [0.15, 0.2) is 453 Å². The number of nitrogens with zero attached hydrogens (tertiary/aromatic N) is 5. The molecule has 5 nitrogen and oxygen atoms in total. The summed E-state index contributed by atoms with van der Waals surface area (Å²) in [6, 6.07) is 165. The number of hydrogen-bond acceptors (Lipinski definition) is 6. The van der Waals surface area contributed by atoms with Gasteiger partial charge in [-0.15, -0.1) is 0 Å². The van der Waals surface area contributed by atoms with Crippen LogP contribution in [-0.4, -0.2) is 13.4 Å². The average molecular weight is 1540 g/mol. The van der Waals surface area contributed by atoms with Crippen LogP contribution in [0, 0.1) is 0 Å². The van der Waals surface area contributed by atoms with Crippen LogP contribution in [0.5, 0.6) is 0 Å². The number of para-hydroxylation sites is 7. The van der Waals surface area contributed by atoms with E-state index in [2.05, 4.69) is 467 Å². The molecule has 20 aromatic carbocycles. The van der Waals surface area contributed by atoms with E-state index in [0.29, 0.717) is 0 Å². The maximum Gasteiger partial charge on any atom is 0.252 e. The summed E-state index contributed by atoms with van der Waals surface area (Å²) in [7, 11) is 0. The minimum atomic E-state index is -0.168. The summed E-state index contributed by atoms with van der Waals surface area (Å²) in [6.45, 7) is -0.330. The second kappa shape index (κ2) is 28.4. The number of fused-ring (bicyclic) bond motifs is 12. The third-order valence-corrected chi connectivity index (χ3v) is 26.3. The van der Waals surface area contributed by atoms with E-state index in [1.807, 2.05) is 11.8 Å². The third-order valence-electron chi connectivity index (χ3n) is 25.2. The lowest BCUT2D eigenvalue weighted by Crippen LogP contribution is -2.64. The van der Waals surface area contributed by atoms with Gasteiger partial charge in [-0.05, 0) is 242 Å². The molecule has 0 unspecified atom stereocenters. The maximum absolute atomic E-state index is 2.65. The summed E-state index contributed by atoms with van der Waals surface area (Å²) < 4.78 is 0. The fraction of sp³-hybridized carbons (Fsp3) is 0. The summed E-state index contributed by atoms with van der Waals surface area (Å²) in [4.78, 5) is 15.0. The Kier molecular flexibility index (Phi) is 16.4. The lowest BCUT2D eigenvalue weighted by molar-refractivity contribution is 1.22. The fourth-order valence-corrected chi connectivity index (χ4v) is 21.5.